The molecule has 0 saturated heterocycles. The second-order valence-electron chi connectivity index (χ2n) is 8.79. The summed E-state index contributed by atoms with van der Waals surface area (Å²) in [4.78, 5) is 17.5. The molecule has 0 N–H and O–H groups in total. The molecule has 1 aliphatic rings. The van der Waals surface area contributed by atoms with Crippen LogP contribution in [-0.4, -0.2) is 33.0 Å². The predicted octanol–water partition coefficient (Wildman–Crippen LogP) is 6.55. The summed E-state index contributed by atoms with van der Waals surface area (Å²) in [6.45, 7) is 10.8. The molecular weight excluding hydrogens is 380 g/mol. The van der Waals surface area contributed by atoms with Gasteiger partial charge in [0.05, 0.1) is 0 Å². The number of carbonyl (C=O) groups excluding carboxylic acids is 1. The quantitative estimate of drug-likeness (QED) is 0.478. The van der Waals surface area contributed by atoms with E-state index in [1.165, 1.54) is 16.8 Å². The summed E-state index contributed by atoms with van der Waals surface area (Å²) in [5.74, 6) is 0.600. The zero-order valence-electron chi connectivity index (χ0n) is 19.9. The van der Waals surface area contributed by atoms with Crippen molar-refractivity contribution in [3.05, 3.63) is 70.3 Å². The molecular formula is C28H36N2O. The molecule has 0 unspecified atom stereocenters. The summed E-state index contributed by atoms with van der Waals surface area (Å²) in [7, 11) is 4.07. The van der Waals surface area contributed by atoms with Crippen LogP contribution in [0.2, 0.25) is 0 Å². The van der Waals surface area contributed by atoms with Gasteiger partial charge in [0.1, 0.15) is 0 Å². The Hall–Kier alpha value is -2.81. The van der Waals surface area contributed by atoms with Gasteiger partial charge in [0.2, 0.25) is 0 Å². The molecule has 0 atom stereocenters. The summed E-state index contributed by atoms with van der Waals surface area (Å²) in [6.07, 6.45) is 5.81. The molecule has 0 radical (unpaired) electrons. The monoisotopic (exact) mass is 416 g/mol. The molecule has 0 heterocycles. The summed E-state index contributed by atoms with van der Waals surface area (Å²) in [6, 6.07) is 15.0. The lowest BCUT2D eigenvalue weighted by Crippen LogP contribution is -2.22. The van der Waals surface area contributed by atoms with E-state index in [1.807, 2.05) is 14.1 Å². The van der Waals surface area contributed by atoms with E-state index < -0.39 is 0 Å². The van der Waals surface area contributed by atoms with E-state index in [1.54, 1.807) is 0 Å². The standard InChI is InChI=1S/C28H36N2O/c1-7-30(8-2)26-16-13-22(27(19-26)20(3)4)18-24-12-11-23(28(24)31)17-21-9-14-25(15-10-21)29(5)6/h9-10,13-20H,7-8,11-12H2,1-6H3/b23-17-,24-18-. The first-order valence-corrected chi connectivity index (χ1v) is 11.5. The molecule has 0 aromatic heterocycles. The molecule has 3 nitrogen and oxygen atoms in total. The topological polar surface area (TPSA) is 23.6 Å². The first-order valence-electron chi connectivity index (χ1n) is 11.5. The largest absolute Gasteiger partial charge is 0.378 e. The van der Waals surface area contributed by atoms with E-state index >= 15 is 0 Å². The minimum Gasteiger partial charge on any atom is -0.378 e. The van der Waals surface area contributed by atoms with Crippen LogP contribution in [0.25, 0.3) is 12.2 Å². The van der Waals surface area contributed by atoms with Gasteiger partial charge in [-0.3, -0.25) is 4.79 Å². The molecule has 0 amide bonds. The maximum absolute atomic E-state index is 13.1. The number of benzene rings is 2. The molecule has 2 aromatic rings. The zero-order valence-corrected chi connectivity index (χ0v) is 19.9. The molecule has 0 spiro atoms. The van der Waals surface area contributed by atoms with Crippen LogP contribution in [0.5, 0.6) is 0 Å². The predicted molar refractivity (Wildman–Crippen MR) is 135 cm³/mol. The number of anilines is 2. The highest BCUT2D eigenvalue weighted by Crippen LogP contribution is 2.33. The van der Waals surface area contributed by atoms with Crippen molar-refractivity contribution in [2.45, 2.75) is 46.5 Å². The van der Waals surface area contributed by atoms with Crippen molar-refractivity contribution < 1.29 is 4.79 Å². The van der Waals surface area contributed by atoms with Crippen LogP contribution in [0.3, 0.4) is 0 Å². The van der Waals surface area contributed by atoms with E-state index in [4.69, 9.17) is 0 Å². The number of rotatable bonds is 7. The van der Waals surface area contributed by atoms with Gasteiger partial charge >= 0.3 is 0 Å². The Balaban J connectivity index is 1.86. The zero-order chi connectivity index (χ0) is 22.5. The second kappa shape index (κ2) is 10.00. The fraction of sp³-hybridized carbons (Fsp3) is 0.393. The van der Waals surface area contributed by atoms with Gasteiger partial charge < -0.3 is 9.80 Å². The van der Waals surface area contributed by atoms with Gasteiger partial charge in [0, 0.05) is 49.7 Å². The normalized spacial score (nSPS) is 16.5. The lowest BCUT2D eigenvalue weighted by molar-refractivity contribution is -0.111. The molecule has 2 aromatic carbocycles. The minimum absolute atomic E-state index is 0.194. The van der Waals surface area contributed by atoms with Crippen LogP contribution >= 0.6 is 0 Å². The van der Waals surface area contributed by atoms with Gasteiger partial charge in [-0.2, -0.15) is 0 Å². The number of allylic oxidation sites excluding steroid dienone is 2. The van der Waals surface area contributed by atoms with Crippen molar-refractivity contribution in [3.63, 3.8) is 0 Å². The Kier molecular flexibility index (Phi) is 7.37. The third-order valence-electron chi connectivity index (χ3n) is 6.15. The van der Waals surface area contributed by atoms with Crippen LogP contribution in [0, 0.1) is 0 Å². The molecule has 31 heavy (non-hydrogen) atoms. The average molecular weight is 417 g/mol. The number of ketones is 1. The molecule has 3 heteroatoms. The lowest BCUT2D eigenvalue weighted by Gasteiger charge is -2.23. The van der Waals surface area contributed by atoms with Crippen LogP contribution < -0.4 is 9.80 Å². The fourth-order valence-electron chi connectivity index (χ4n) is 4.21. The summed E-state index contributed by atoms with van der Waals surface area (Å²) in [5, 5.41) is 0. The van der Waals surface area contributed by atoms with Gasteiger partial charge in [-0.05, 0) is 85.7 Å². The number of carbonyl (C=O) groups is 1. The number of nitrogens with zero attached hydrogens (tertiary/aromatic N) is 2. The van der Waals surface area contributed by atoms with Crippen LogP contribution in [0.1, 0.15) is 63.1 Å². The number of Topliss-reactive ketones (excluding diaryl/α,β-unsaturated/α-hetero) is 1. The SMILES string of the molecule is CCN(CC)c1ccc(/C=C2/CC/C(=C/c3ccc(N(C)C)cc3)C2=O)c(C(C)C)c1. The minimum atomic E-state index is 0.194. The maximum Gasteiger partial charge on any atom is 0.185 e. The highest BCUT2D eigenvalue weighted by molar-refractivity contribution is 6.15. The molecule has 0 aliphatic heterocycles. The van der Waals surface area contributed by atoms with Crippen molar-refractivity contribution in [1.82, 2.24) is 0 Å². The smallest absolute Gasteiger partial charge is 0.185 e. The number of hydrogen-bond donors (Lipinski definition) is 0. The Morgan fingerprint density at radius 2 is 1.45 bits per heavy atom. The summed E-state index contributed by atoms with van der Waals surface area (Å²) < 4.78 is 0. The first-order chi connectivity index (χ1) is 14.8. The van der Waals surface area contributed by atoms with E-state index in [0.717, 1.165) is 48.3 Å². The lowest BCUT2D eigenvalue weighted by atomic mass is 9.94. The van der Waals surface area contributed by atoms with Crippen molar-refractivity contribution in [3.8, 4) is 0 Å². The third-order valence-corrected chi connectivity index (χ3v) is 6.15. The Labute approximate surface area is 188 Å². The van der Waals surface area contributed by atoms with Gasteiger partial charge in [0.15, 0.2) is 5.78 Å². The Morgan fingerprint density at radius 3 is 2.00 bits per heavy atom. The maximum atomic E-state index is 13.1. The second-order valence-corrected chi connectivity index (χ2v) is 8.79. The molecule has 1 saturated carbocycles. The Bertz CT molecular complexity index is 977. The molecule has 1 aliphatic carbocycles. The average Bonchev–Trinajstić information content (AvgIpc) is 3.09. The van der Waals surface area contributed by atoms with Crippen LogP contribution in [0.15, 0.2) is 53.6 Å². The van der Waals surface area contributed by atoms with Crippen molar-refractivity contribution in [1.29, 1.82) is 0 Å². The van der Waals surface area contributed by atoms with E-state index in [-0.39, 0.29) is 5.78 Å². The summed E-state index contributed by atoms with van der Waals surface area (Å²) in [5.41, 5.74) is 7.82. The van der Waals surface area contributed by atoms with Gasteiger partial charge in [0.25, 0.3) is 0 Å². The Morgan fingerprint density at radius 1 is 0.871 bits per heavy atom. The van der Waals surface area contributed by atoms with Crippen molar-refractivity contribution in [2.75, 3.05) is 37.0 Å². The fourth-order valence-corrected chi connectivity index (χ4v) is 4.21. The highest BCUT2D eigenvalue weighted by atomic mass is 16.1. The third kappa shape index (κ3) is 5.28. The van der Waals surface area contributed by atoms with Crippen LogP contribution in [-0.2, 0) is 4.79 Å². The highest BCUT2D eigenvalue weighted by Gasteiger charge is 2.23. The van der Waals surface area contributed by atoms with Crippen LogP contribution in [0.4, 0.5) is 11.4 Å². The van der Waals surface area contributed by atoms with Crippen molar-refractivity contribution in [2.24, 2.45) is 0 Å². The van der Waals surface area contributed by atoms with E-state index in [2.05, 4.69) is 92.1 Å². The molecule has 3 rings (SSSR count). The first kappa shape index (κ1) is 22.9. The van der Waals surface area contributed by atoms with Gasteiger partial charge in [-0.1, -0.05) is 32.0 Å². The van der Waals surface area contributed by atoms with E-state index in [0.29, 0.717) is 5.92 Å². The molecule has 164 valence electrons. The number of hydrogen-bond acceptors (Lipinski definition) is 3. The molecule has 0 bridgehead atoms. The van der Waals surface area contributed by atoms with Crippen molar-refractivity contribution >= 4 is 29.3 Å². The van der Waals surface area contributed by atoms with Gasteiger partial charge in [-0.25, -0.2) is 0 Å². The molecule has 1 fully saturated rings. The summed E-state index contributed by atoms with van der Waals surface area (Å²) >= 11 is 0. The van der Waals surface area contributed by atoms with Gasteiger partial charge in [-0.15, -0.1) is 0 Å². The van der Waals surface area contributed by atoms with E-state index in [9.17, 15) is 4.79 Å².